The van der Waals surface area contributed by atoms with E-state index in [0.717, 1.165) is 22.6 Å². The lowest BCUT2D eigenvalue weighted by atomic mass is 9.66. The van der Waals surface area contributed by atoms with Crippen LogP contribution in [0.2, 0.25) is 0 Å². The van der Waals surface area contributed by atoms with Gasteiger partial charge in [0.15, 0.2) is 5.82 Å². The Morgan fingerprint density at radius 3 is 2.18 bits per heavy atom. The van der Waals surface area contributed by atoms with Gasteiger partial charge in [-0.2, -0.15) is 0 Å². The molecule has 7 aromatic rings. The Balaban J connectivity index is 1.49. The van der Waals surface area contributed by atoms with E-state index in [4.69, 9.17) is 9.97 Å². The van der Waals surface area contributed by atoms with Crippen molar-refractivity contribution in [2.75, 3.05) is 0 Å². The summed E-state index contributed by atoms with van der Waals surface area (Å²) in [7, 11) is 0. The summed E-state index contributed by atoms with van der Waals surface area (Å²) < 4.78 is 2.46. The van der Waals surface area contributed by atoms with E-state index in [1.165, 1.54) is 49.7 Å². The lowest BCUT2D eigenvalue weighted by molar-refractivity contribution is 0.742. The fourth-order valence-electron chi connectivity index (χ4n) is 7.03. The van der Waals surface area contributed by atoms with Gasteiger partial charge in [0.2, 0.25) is 0 Å². The van der Waals surface area contributed by atoms with Crippen molar-refractivity contribution in [3.63, 3.8) is 0 Å². The van der Waals surface area contributed by atoms with E-state index < -0.39 is 5.41 Å². The van der Waals surface area contributed by atoms with Crippen LogP contribution in [0.4, 0.5) is 0 Å². The zero-order chi connectivity index (χ0) is 24.8. The van der Waals surface area contributed by atoms with Crippen LogP contribution < -0.4 is 0 Å². The number of nitrogens with zero attached hydrogens (tertiary/aromatic N) is 3. The van der Waals surface area contributed by atoms with Gasteiger partial charge in [-0.15, -0.1) is 0 Å². The Morgan fingerprint density at radius 1 is 0.553 bits per heavy atom. The monoisotopic (exact) mass is 483 g/mol. The molecule has 0 fully saturated rings. The number of aromatic nitrogens is 3. The van der Waals surface area contributed by atoms with Crippen molar-refractivity contribution < 1.29 is 0 Å². The normalized spacial score (nSPS) is 16.5. The van der Waals surface area contributed by atoms with Crippen molar-refractivity contribution >= 4 is 21.8 Å². The Bertz CT molecular complexity index is 2090. The average molecular weight is 484 g/mol. The molecule has 2 aliphatic rings. The molecule has 0 saturated carbocycles. The summed E-state index contributed by atoms with van der Waals surface area (Å²) >= 11 is 0. The number of rotatable bonds is 1. The van der Waals surface area contributed by atoms with Crippen LogP contribution in [0.1, 0.15) is 22.3 Å². The molecule has 0 bridgehead atoms. The molecule has 0 amide bonds. The first-order valence-corrected chi connectivity index (χ1v) is 13.0. The van der Waals surface area contributed by atoms with Gasteiger partial charge in [0.1, 0.15) is 0 Å². The summed E-state index contributed by atoms with van der Waals surface area (Å²) in [6, 6.07) is 43.4. The molecule has 3 heteroatoms. The Morgan fingerprint density at radius 2 is 1.26 bits per heavy atom. The summed E-state index contributed by atoms with van der Waals surface area (Å²) in [5.74, 6) is 0.757. The van der Waals surface area contributed by atoms with Crippen molar-refractivity contribution in [2.24, 2.45) is 0 Å². The molecule has 9 rings (SSSR count). The molecule has 38 heavy (non-hydrogen) atoms. The minimum absolute atomic E-state index is 0.498. The summed E-state index contributed by atoms with van der Waals surface area (Å²) in [4.78, 5) is 10.2. The number of benzene rings is 5. The van der Waals surface area contributed by atoms with Gasteiger partial charge < -0.3 is 4.57 Å². The summed E-state index contributed by atoms with van der Waals surface area (Å²) in [5, 5.41) is 2.55. The van der Waals surface area contributed by atoms with E-state index in [2.05, 4.69) is 114 Å². The SMILES string of the molecule is c1ccc(-c2ncc3c(n2)-c2ccccc2C32c3ccccc3-n3c4ccccc4c4cccc2c43)cc1. The molecule has 5 aromatic carbocycles. The molecule has 3 nitrogen and oxygen atoms in total. The lowest BCUT2D eigenvalue weighted by Crippen LogP contribution is -2.33. The van der Waals surface area contributed by atoms with Gasteiger partial charge in [0.25, 0.3) is 0 Å². The van der Waals surface area contributed by atoms with Crippen molar-refractivity contribution in [1.29, 1.82) is 0 Å². The smallest absolute Gasteiger partial charge is 0.159 e. The van der Waals surface area contributed by atoms with E-state index in [1.54, 1.807) is 0 Å². The number of hydrogen-bond acceptors (Lipinski definition) is 2. The minimum Gasteiger partial charge on any atom is -0.309 e. The van der Waals surface area contributed by atoms with Crippen LogP contribution in [-0.4, -0.2) is 14.5 Å². The third kappa shape index (κ3) is 2.26. The highest BCUT2D eigenvalue weighted by Gasteiger charge is 2.51. The van der Waals surface area contributed by atoms with Gasteiger partial charge in [0.05, 0.1) is 27.8 Å². The van der Waals surface area contributed by atoms with E-state index in [1.807, 2.05) is 18.2 Å². The standard InChI is InChI=1S/C35H21N3/c1-2-11-22(12-3-1)34-36-21-29-32(37-34)25-14-4-6-16-26(25)35(29)27-17-7-9-20-31(27)38-30-19-8-5-13-23(30)24-15-10-18-28(35)33(24)38/h1-21H. The van der Waals surface area contributed by atoms with Crippen LogP contribution in [0, 0.1) is 0 Å². The third-order valence-corrected chi connectivity index (χ3v) is 8.46. The Labute approximate surface area is 219 Å². The maximum atomic E-state index is 5.23. The zero-order valence-electron chi connectivity index (χ0n) is 20.5. The van der Waals surface area contributed by atoms with Gasteiger partial charge in [-0.1, -0.05) is 109 Å². The molecule has 1 aliphatic carbocycles. The summed E-state index contributed by atoms with van der Waals surface area (Å²) in [6.07, 6.45) is 2.08. The van der Waals surface area contributed by atoms with Gasteiger partial charge in [0, 0.05) is 33.7 Å². The van der Waals surface area contributed by atoms with Gasteiger partial charge >= 0.3 is 0 Å². The number of para-hydroxylation sites is 3. The highest BCUT2D eigenvalue weighted by atomic mass is 15.0. The molecule has 0 N–H and O–H groups in total. The molecular weight excluding hydrogens is 462 g/mol. The first kappa shape index (κ1) is 20.1. The molecule has 176 valence electrons. The van der Waals surface area contributed by atoms with Gasteiger partial charge in [-0.05, 0) is 28.8 Å². The molecule has 1 atom stereocenters. The molecule has 1 aliphatic heterocycles. The fraction of sp³-hybridized carbons (Fsp3) is 0.0286. The van der Waals surface area contributed by atoms with Gasteiger partial charge in [-0.25, -0.2) is 9.97 Å². The first-order chi connectivity index (χ1) is 18.9. The fourth-order valence-corrected chi connectivity index (χ4v) is 7.03. The van der Waals surface area contributed by atoms with Crippen LogP contribution >= 0.6 is 0 Å². The molecule has 3 heterocycles. The van der Waals surface area contributed by atoms with E-state index in [9.17, 15) is 0 Å². The molecule has 1 spiro atoms. The number of fused-ring (bicyclic) bond motifs is 12. The third-order valence-electron chi connectivity index (χ3n) is 8.46. The van der Waals surface area contributed by atoms with Gasteiger partial charge in [-0.3, -0.25) is 0 Å². The van der Waals surface area contributed by atoms with Crippen LogP contribution in [0.15, 0.2) is 128 Å². The Hall–Kier alpha value is -5.02. The largest absolute Gasteiger partial charge is 0.309 e. The zero-order valence-corrected chi connectivity index (χ0v) is 20.5. The summed E-state index contributed by atoms with van der Waals surface area (Å²) in [5.41, 5.74) is 11.4. The Kier molecular flexibility index (Phi) is 3.73. The van der Waals surface area contributed by atoms with Crippen LogP contribution in [0.5, 0.6) is 0 Å². The minimum atomic E-state index is -0.498. The highest BCUT2D eigenvalue weighted by Crippen LogP contribution is 2.60. The van der Waals surface area contributed by atoms with Crippen molar-refractivity contribution in [3.8, 4) is 28.3 Å². The topological polar surface area (TPSA) is 30.7 Å². The second-order valence-corrected chi connectivity index (χ2v) is 10.2. The van der Waals surface area contributed by atoms with Crippen LogP contribution in [-0.2, 0) is 5.41 Å². The summed E-state index contributed by atoms with van der Waals surface area (Å²) in [6.45, 7) is 0. The van der Waals surface area contributed by atoms with E-state index in [0.29, 0.717) is 0 Å². The highest BCUT2D eigenvalue weighted by molar-refractivity contribution is 6.12. The average Bonchev–Trinajstić information content (AvgIpc) is 3.48. The first-order valence-electron chi connectivity index (χ1n) is 13.0. The molecule has 0 saturated heterocycles. The molecule has 1 unspecified atom stereocenters. The maximum absolute atomic E-state index is 5.23. The molecular formula is C35H21N3. The van der Waals surface area contributed by atoms with Crippen molar-refractivity contribution in [1.82, 2.24) is 14.5 Å². The quantitative estimate of drug-likeness (QED) is 0.237. The van der Waals surface area contributed by atoms with E-state index >= 15 is 0 Å². The lowest BCUT2D eigenvalue weighted by Gasteiger charge is -2.39. The van der Waals surface area contributed by atoms with E-state index in [-0.39, 0.29) is 0 Å². The second kappa shape index (κ2) is 7.05. The van der Waals surface area contributed by atoms with Crippen molar-refractivity contribution in [3.05, 3.63) is 150 Å². The van der Waals surface area contributed by atoms with Crippen LogP contribution in [0.25, 0.3) is 50.1 Å². The second-order valence-electron chi connectivity index (χ2n) is 10.2. The number of hydrogen-bond donors (Lipinski definition) is 0. The maximum Gasteiger partial charge on any atom is 0.159 e. The predicted molar refractivity (Wildman–Crippen MR) is 153 cm³/mol. The van der Waals surface area contributed by atoms with Crippen LogP contribution in [0.3, 0.4) is 0 Å². The van der Waals surface area contributed by atoms with Crippen molar-refractivity contribution in [2.45, 2.75) is 5.41 Å². The molecule has 0 radical (unpaired) electrons. The molecule has 2 aromatic heterocycles. The predicted octanol–water partition coefficient (Wildman–Crippen LogP) is 7.92.